The highest BCUT2D eigenvalue weighted by Gasteiger charge is 2.52. The van der Waals surface area contributed by atoms with Crippen molar-refractivity contribution in [3.63, 3.8) is 0 Å². The molecule has 0 aromatic heterocycles. The third kappa shape index (κ3) is 0.950. The van der Waals surface area contributed by atoms with Gasteiger partial charge in [0.05, 0.1) is 0 Å². The van der Waals surface area contributed by atoms with Crippen molar-refractivity contribution in [2.75, 3.05) is 0 Å². The molecule has 0 saturated heterocycles. The molecule has 0 aromatic carbocycles. The summed E-state index contributed by atoms with van der Waals surface area (Å²) in [5.74, 6) is 0.150. The van der Waals surface area contributed by atoms with E-state index in [0.29, 0.717) is 0 Å². The minimum absolute atomic E-state index is 0.150. The van der Waals surface area contributed by atoms with Crippen LogP contribution in [0.5, 0.6) is 0 Å². The molecule has 2 heteroatoms. The summed E-state index contributed by atoms with van der Waals surface area (Å²) in [5.41, 5.74) is -0.583. The van der Waals surface area contributed by atoms with Crippen molar-refractivity contribution in [1.82, 2.24) is 0 Å². The number of hydrogen-bond acceptors (Lipinski definition) is 0. The first-order valence-electron chi connectivity index (χ1n) is 3.38. The van der Waals surface area contributed by atoms with Crippen molar-refractivity contribution in [3.8, 4) is 0 Å². The van der Waals surface area contributed by atoms with Crippen molar-refractivity contribution >= 4 is 0 Å². The van der Waals surface area contributed by atoms with E-state index in [9.17, 15) is 8.78 Å². The molecule has 0 nitrogen and oxygen atoms in total. The van der Waals surface area contributed by atoms with Crippen molar-refractivity contribution in [2.24, 2.45) is 11.3 Å². The molecule has 9 heavy (non-hydrogen) atoms. The molecular weight excluding hydrogens is 122 g/mol. The molecule has 1 saturated carbocycles. The van der Waals surface area contributed by atoms with Gasteiger partial charge in [0.25, 0.3) is 0 Å². The first kappa shape index (κ1) is 6.97. The summed E-state index contributed by atoms with van der Waals surface area (Å²) in [6, 6.07) is 0. The van der Waals surface area contributed by atoms with Gasteiger partial charge in [-0.25, -0.2) is 8.78 Å². The molecule has 1 aliphatic carbocycles. The fourth-order valence-electron chi connectivity index (χ4n) is 1.19. The van der Waals surface area contributed by atoms with Gasteiger partial charge < -0.3 is 0 Å². The lowest BCUT2D eigenvalue weighted by molar-refractivity contribution is 0.0344. The van der Waals surface area contributed by atoms with E-state index in [0.717, 1.165) is 12.8 Å². The van der Waals surface area contributed by atoms with Gasteiger partial charge in [-0.1, -0.05) is 13.8 Å². The highest BCUT2D eigenvalue weighted by atomic mass is 19.3. The number of rotatable bonds is 2. The quantitative estimate of drug-likeness (QED) is 0.544. The average molecular weight is 134 g/mol. The molecule has 0 radical (unpaired) electrons. The van der Waals surface area contributed by atoms with Crippen molar-refractivity contribution in [3.05, 3.63) is 0 Å². The summed E-state index contributed by atoms with van der Waals surface area (Å²) in [7, 11) is 0. The van der Waals surface area contributed by atoms with E-state index < -0.39 is 11.8 Å². The third-order valence-corrected chi connectivity index (χ3v) is 2.41. The van der Waals surface area contributed by atoms with Crippen LogP contribution in [0.15, 0.2) is 0 Å². The molecule has 1 rings (SSSR count). The predicted molar refractivity (Wildman–Crippen MR) is 32.5 cm³/mol. The third-order valence-electron chi connectivity index (χ3n) is 2.41. The Kier molecular flexibility index (Phi) is 1.49. The number of halogens is 2. The zero-order chi connectivity index (χ0) is 7.07. The van der Waals surface area contributed by atoms with Crippen LogP contribution >= 0.6 is 0 Å². The lowest BCUT2D eigenvalue weighted by Gasteiger charge is -2.17. The Balaban J connectivity index is 2.52. The molecule has 0 aromatic rings. The Labute approximate surface area is 54.3 Å². The van der Waals surface area contributed by atoms with Crippen LogP contribution in [0.4, 0.5) is 8.78 Å². The number of hydrogen-bond donors (Lipinski definition) is 0. The van der Waals surface area contributed by atoms with E-state index in [1.165, 1.54) is 0 Å². The van der Waals surface area contributed by atoms with Crippen molar-refractivity contribution in [2.45, 2.75) is 33.1 Å². The van der Waals surface area contributed by atoms with Crippen LogP contribution in [0.3, 0.4) is 0 Å². The number of alkyl halides is 2. The maximum atomic E-state index is 12.1. The summed E-state index contributed by atoms with van der Waals surface area (Å²) in [6.07, 6.45) is -0.650. The van der Waals surface area contributed by atoms with Crippen LogP contribution in [0.1, 0.15) is 26.7 Å². The Bertz CT molecular complexity index is 93.5. The molecule has 0 aliphatic heterocycles. The molecule has 0 amide bonds. The topological polar surface area (TPSA) is 0 Å². The molecule has 54 valence electrons. The van der Waals surface area contributed by atoms with E-state index in [1.807, 2.05) is 13.8 Å². The van der Waals surface area contributed by atoms with Gasteiger partial charge in [-0.05, 0) is 18.8 Å². The highest BCUT2D eigenvalue weighted by molar-refractivity contribution is 4.97. The molecule has 0 unspecified atom stereocenters. The lowest BCUT2D eigenvalue weighted by atomic mass is 9.93. The minimum Gasteiger partial charge on any atom is -0.210 e. The Morgan fingerprint density at radius 3 is 1.67 bits per heavy atom. The van der Waals surface area contributed by atoms with Gasteiger partial charge in [-0.2, -0.15) is 0 Å². The summed E-state index contributed by atoms with van der Waals surface area (Å²) < 4.78 is 24.3. The van der Waals surface area contributed by atoms with Gasteiger partial charge in [0.15, 0.2) is 0 Å². The van der Waals surface area contributed by atoms with Crippen molar-refractivity contribution in [1.29, 1.82) is 0 Å². The van der Waals surface area contributed by atoms with Crippen LogP contribution in [0, 0.1) is 11.3 Å². The fraction of sp³-hybridized carbons (Fsp3) is 1.00. The molecule has 1 fully saturated rings. The van der Waals surface area contributed by atoms with Gasteiger partial charge in [0.1, 0.15) is 0 Å². The zero-order valence-electron chi connectivity index (χ0n) is 5.82. The summed E-state index contributed by atoms with van der Waals surface area (Å²) >= 11 is 0. The highest BCUT2D eigenvalue weighted by Crippen LogP contribution is 2.56. The predicted octanol–water partition coefficient (Wildman–Crippen LogP) is 2.69. The molecule has 0 N–H and O–H groups in total. The lowest BCUT2D eigenvalue weighted by Crippen LogP contribution is -2.18. The fourth-order valence-corrected chi connectivity index (χ4v) is 1.19. The van der Waals surface area contributed by atoms with E-state index in [1.54, 1.807) is 0 Å². The van der Waals surface area contributed by atoms with Gasteiger partial charge >= 0.3 is 0 Å². The molecule has 0 bridgehead atoms. The maximum Gasteiger partial charge on any atom is 0.244 e. The monoisotopic (exact) mass is 134 g/mol. The second-order valence-electron chi connectivity index (χ2n) is 3.19. The smallest absolute Gasteiger partial charge is 0.210 e. The Morgan fingerprint density at radius 1 is 1.22 bits per heavy atom. The first-order chi connectivity index (χ1) is 4.09. The van der Waals surface area contributed by atoms with Crippen molar-refractivity contribution < 1.29 is 8.78 Å². The van der Waals surface area contributed by atoms with Gasteiger partial charge in [-0.3, -0.25) is 0 Å². The standard InChI is InChI=1S/C7H12F2/c1-5(2)7(3-4-7)6(8)9/h5-6H,3-4H2,1-2H3. The van der Waals surface area contributed by atoms with Crippen LogP contribution in [0.2, 0.25) is 0 Å². The van der Waals surface area contributed by atoms with Gasteiger partial charge in [0, 0.05) is 5.41 Å². The maximum absolute atomic E-state index is 12.1. The van der Waals surface area contributed by atoms with E-state index in [2.05, 4.69) is 0 Å². The molecule has 0 heterocycles. The minimum atomic E-state index is -2.10. The largest absolute Gasteiger partial charge is 0.244 e. The molecule has 0 spiro atoms. The first-order valence-corrected chi connectivity index (χ1v) is 3.38. The van der Waals surface area contributed by atoms with Crippen LogP contribution in [0.25, 0.3) is 0 Å². The second-order valence-corrected chi connectivity index (χ2v) is 3.19. The van der Waals surface area contributed by atoms with Crippen LogP contribution in [-0.4, -0.2) is 6.43 Å². The molecule has 1 aliphatic rings. The average Bonchev–Trinajstić information content (AvgIpc) is 2.40. The molecular formula is C7H12F2. The van der Waals surface area contributed by atoms with Crippen LogP contribution in [-0.2, 0) is 0 Å². The Morgan fingerprint density at radius 2 is 1.67 bits per heavy atom. The van der Waals surface area contributed by atoms with Gasteiger partial charge in [-0.15, -0.1) is 0 Å². The summed E-state index contributed by atoms with van der Waals surface area (Å²) in [6.45, 7) is 3.75. The van der Waals surface area contributed by atoms with E-state index in [-0.39, 0.29) is 5.92 Å². The zero-order valence-corrected chi connectivity index (χ0v) is 5.82. The SMILES string of the molecule is CC(C)C1(C(F)F)CC1. The second kappa shape index (κ2) is 1.93. The Hall–Kier alpha value is -0.140. The summed E-state index contributed by atoms with van der Waals surface area (Å²) in [4.78, 5) is 0. The van der Waals surface area contributed by atoms with E-state index in [4.69, 9.17) is 0 Å². The van der Waals surface area contributed by atoms with Gasteiger partial charge in [0.2, 0.25) is 6.43 Å². The normalized spacial score (nSPS) is 23.3. The molecule has 0 atom stereocenters. The van der Waals surface area contributed by atoms with E-state index >= 15 is 0 Å². The summed E-state index contributed by atoms with van der Waals surface area (Å²) in [5, 5.41) is 0. The van der Waals surface area contributed by atoms with Crippen LogP contribution < -0.4 is 0 Å².